The van der Waals surface area contributed by atoms with E-state index in [0.717, 1.165) is 18.4 Å². The second-order valence-electron chi connectivity index (χ2n) is 4.54. The Morgan fingerprint density at radius 2 is 2.05 bits per heavy atom. The first-order valence-electron chi connectivity index (χ1n) is 6.31. The molecule has 0 heterocycles. The molecule has 2 amide bonds. The number of benzene rings is 1. The predicted octanol–water partition coefficient (Wildman–Crippen LogP) is 2.96. The summed E-state index contributed by atoms with van der Waals surface area (Å²) in [7, 11) is 1.72. The number of carbonyl (C=O) groups is 2. The van der Waals surface area contributed by atoms with Crippen LogP contribution in [-0.4, -0.2) is 35.6 Å². The number of nitrogens with one attached hydrogen (secondary N) is 1. The van der Waals surface area contributed by atoms with E-state index in [-0.39, 0.29) is 11.6 Å². The lowest BCUT2D eigenvalue weighted by Gasteiger charge is -2.18. The molecule has 2 N–H and O–H groups in total. The number of urea groups is 1. The second-order valence-corrected chi connectivity index (χ2v) is 4.54. The lowest BCUT2D eigenvalue weighted by atomic mass is 10.1. The number of aryl methyl sites for hydroxylation is 1. The summed E-state index contributed by atoms with van der Waals surface area (Å²) in [5.74, 6) is -1.00. The molecule has 1 aromatic rings. The summed E-state index contributed by atoms with van der Waals surface area (Å²) in [6.45, 7) is 4.57. The molecule has 0 saturated carbocycles. The van der Waals surface area contributed by atoms with Crippen molar-refractivity contribution in [1.82, 2.24) is 4.90 Å². The van der Waals surface area contributed by atoms with Crippen molar-refractivity contribution < 1.29 is 14.7 Å². The van der Waals surface area contributed by atoms with Gasteiger partial charge < -0.3 is 15.3 Å². The average molecular weight is 264 g/mol. The van der Waals surface area contributed by atoms with Gasteiger partial charge in [0.1, 0.15) is 0 Å². The van der Waals surface area contributed by atoms with Crippen LogP contribution in [0.3, 0.4) is 0 Å². The fraction of sp³-hybridized carbons (Fsp3) is 0.429. The van der Waals surface area contributed by atoms with Gasteiger partial charge in [-0.2, -0.15) is 0 Å². The number of anilines is 1. The van der Waals surface area contributed by atoms with Crippen molar-refractivity contribution in [2.45, 2.75) is 26.7 Å². The van der Waals surface area contributed by atoms with Gasteiger partial charge in [-0.1, -0.05) is 19.4 Å². The van der Waals surface area contributed by atoms with Crippen molar-refractivity contribution in [3.63, 3.8) is 0 Å². The largest absolute Gasteiger partial charge is 0.478 e. The molecule has 0 aliphatic rings. The van der Waals surface area contributed by atoms with Gasteiger partial charge in [0.25, 0.3) is 0 Å². The van der Waals surface area contributed by atoms with E-state index in [1.165, 1.54) is 12.1 Å². The molecule has 0 spiro atoms. The van der Waals surface area contributed by atoms with Gasteiger partial charge in [0.05, 0.1) is 5.56 Å². The molecule has 1 rings (SSSR count). The molecule has 0 radical (unpaired) electrons. The van der Waals surface area contributed by atoms with Crippen molar-refractivity contribution in [2.75, 3.05) is 18.9 Å². The van der Waals surface area contributed by atoms with Gasteiger partial charge in [0.2, 0.25) is 0 Å². The van der Waals surface area contributed by atoms with Crippen LogP contribution in [0.4, 0.5) is 10.5 Å². The van der Waals surface area contributed by atoms with Crippen LogP contribution in [0.1, 0.15) is 35.7 Å². The summed E-state index contributed by atoms with van der Waals surface area (Å²) in [6.07, 6.45) is 1.96. The number of amides is 2. The SMILES string of the molecule is CCCCN(C)C(=O)Nc1cc(C(=O)O)ccc1C. The Hall–Kier alpha value is -2.04. The molecule has 5 heteroatoms. The van der Waals surface area contributed by atoms with Crippen LogP contribution in [0.2, 0.25) is 0 Å². The Morgan fingerprint density at radius 1 is 1.37 bits per heavy atom. The standard InChI is InChI=1S/C14H20N2O3/c1-4-5-8-16(3)14(19)15-12-9-11(13(17)18)7-6-10(12)2/h6-7,9H,4-5,8H2,1-3H3,(H,15,19)(H,17,18). The van der Waals surface area contributed by atoms with Gasteiger partial charge in [-0.15, -0.1) is 0 Å². The molecule has 0 fully saturated rings. The Morgan fingerprint density at radius 3 is 2.63 bits per heavy atom. The zero-order valence-corrected chi connectivity index (χ0v) is 11.6. The van der Waals surface area contributed by atoms with Gasteiger partial charge in [0.15, 0.2) is 0 Å². The van der Waals surface area contributed by atoms with Gasteiger partial charge in [0, 0.05) is 19.3 Å². The van der Waals surface area contributed by atoms with E-state index in [1.807, 2.05) is 6.92 Å². The smallest absolute Gasteiger partial charge is 0.335 e. The van der Waals surface area contributed by atoms with Gasteiger partial charge >= 0.3 is 12.0 Å². The molecule has 0 saturated heterocycles. The van der Waals surface area contributed by atoms with Crippen LogP contribution < -0.4 is 5.32 Å². The lowest BCUT2D eigenvalue weighted by molar-refractivity contribution is 0.0697. The number of aromatic carboxylic acids is 1. The minimum absolute atomic E-state index is 0.164. The number of carboxylic acid groups (broad SMARTS) is 1. The minimum Gasteiger partial charge on any atom is -0.478 e. The molecular weight excluding hydrogens is 244 g/mol. The van der Waals surface area contributed by atoms with E-state index in [1.54, 1.807) is 18.0 Å². The maximum atomic E-state index is 11.9. The number of hydrogen-bond donors (Lipinski definition) is 2. The molecule has 0 aliphatic heterocycles. The van der Waals surface area contributed by atoms with E-state index in [4.69, 9.17) is 5.11 Å². The first-order chi connectivity index (χ1) is 8.95. The van der Waals surface area contributed by atoms with Crippen LogP contribution >= 0.6 is 0 Å². The third-order valence-electron chi connectivity index (χ3n) is 2.92. The highest BCUT2D eigenvalue weighted by Gasteiger charge is 2.11. The van der Waals surface area contributed by atoms with Crippen molar-refractivity contribution in [3.05, 3.63) is 29.3 Å². The number of nitrogens with zero attached hydrogens (tertiary/aromatic N) is 1. The zero-order valence-electron chi connectivity index (χ0n) is 11.6. The highest BCUT2D eigenvalue weighted by Crippen LogP contribution is 2.17. The number of rotatable bonds is 5. The quantitative estimate of drug-likeness (QED) is 0.859. The van der Waals surface area contributed by atoms with Crippen LogP contribution in [0.25, 0.3) is 0 Å². The average Bonchev–Trinajstić information content (AvgIpc) is 2.38. The van der Waals surface area contributed by atoms with Crippen molar-refractivity contribution >= 4 is 17.7 Å². The number of hydrogen-bond acceptors (Lipinski definition) is 2. The predicted molar refractivity (Wildman–Crippen MR) is 74.7 cm³/mol. The molecule has 19 heavy (non-hydrogen) atoms. The molecular formula is C14H20N2O3. The Labute approximate surface area is 113 Å². The van der Waals surface area contributed by atoms with E-state index in [0.29, 0.717) is 12.2 Å². The van der Waals surface area contributed by atoms with Gasteiger partial charge in [-0.05, 0) is 31.0 Å². The monoisotopic (exact) mass is 264 g/mol. The number of carboxylic acids is 1. The Kier molecular flexibility index (Phi) is 5.36. The maximum Gasteiger partial charge on any atom is 0.335 e. The lowest BCUT2D eigenvalue weighted by Crippen LogP contribution is -2.32. The van der Waals surface area contributed by atoms with Crippen molar-refractivity contribution in [3.8, 4) is 0 Å². The fourth-order valence-electron chi connectivity index (χ4n) is 1.60. The van der Waals surface area contributed by atoms with Crippen LogP contribution in [-0.2, 0) is 0 Å². The molecule has 0 aromatic heterocycles. The molecule has 1 aromatic carbocycles. The summed E-state index contributed by atoms with van der Waals surface area (Å²) >= 11 is 0. The van der Waals surface area contributed by atoms with Crippen LogP contribution in [0, 0.1) is 6.92 Å². The fourth-order valence-corrected chi connectivity index (χ4v) is 1.60. The molecule has 0 atom stereocenters. The Bertz CT molecular complexity index is 472. The summed E-state index contributed by atoms with van der Waals surface area (Å²) in [5.41, 5.74) is 1.53. The first-order valence-corrected chi connectivity index (χ1v) is 6.31. The molecule has 104 valence electrons. The second kappa shape index (κ2) is 6.78. The van der Waals surface area contributed by atoms with Crippen LogP contribution in [0.15, 0.2) is 18.2 Å². The first kappa shape index (κ1) is 15.0. The van der Waals surface area contributed by atoms with Crippen molar-refractivity contribution in [1.29, 1.82) is 0 Å². The third-order valence-corrected chi connectivity index (χ3v) is 2.92. The highest BCUT2D eigenvalue weighted by molar-refractivity contribution is 5.93. The summed E-state index contributed by atoms with van der Waals surface area (Å²) in [6, 6.07) is 4.46. The van der Waals surface area contributed by atoms with E-state index >= 15 is 0 Å². The number of carbonyl (C=O) groups excluding carboxylic acids is 1. The number of unbranched alkanes of at least 4 members (excludes halogenated alkanes) is 1. The summed E-state index contributed by atoms with van der Waals surface area (Å²) < 4.78 is 0. The van der Waals surface area contributed by atoms with Gasteiger partial charge in [-0.3, -0.25) is 0 Å². The van der Waals surface area contributed by atoms with E-state index < -0.39 is 5.97 Å². The third kappa shape index (κ3) is 4.28. The summed E-state index contributed by atoms with van der Waals surface area (Å²) in [4.78, 5) is 24.4. The topological polar surface area (TPSA) is 69.6 Å². The van der Waals surface area contributed by atoms with E-state index in [2.05, 4.69) is 12.2 Å². The molecule has 0 unspecified atom stereocenters. The highest BCUT2D eigenvalue weighted by atomic mass is 16.4. The zero-order chi connectivity index (χ0) is 14.4. The van der Waals surface area contributed by atoms with Gasteiger partial charge in [-0.25, -0.2) is 9.59 Å². The van der Waals surface area contributed by atoms with Crippen LogP contribution in [0.5, 0.6) is 0 Å². The van der Waals surface area contributed by atoms with Crippen molar-refractivity contribution in [2.24, 2.45) is 0 Å². The van der Waals surface area contributed by atoms with E-state index in [9.17, 15) is 9.59 Å². The minimum atomic E-state index is -1.00. The summed E-state index contributed by atoms with van der Waals surface area (Å²) in [5, 5.41) is 11.7. The molecule has 0 bridgehead atoms. The molecule has 0 aliphatic carbocycles. The Balaban J connectivity index is 2.78. The maximum absolute atomic E-state index is 11.9. The molecule has 5 nitrogen and oxygen atoms in total. The normalized spacial score (nSPS) is 10.1.